The van der Waals surface area contributed by atoms with E-state index in [9.17, 15) is 20.1 Å². The van der Waals surface area contributed by atoms with Crippen molar-refractivity contribution in [1.82, 2.24) is 0 Å². The van der Waals surface area contributed by atoms with Crippen molar-refractivity contribution in [2.75, 3.05) is 0 Å². The lowest BCUT2D eigenvalue weighted by Gasteiger charge is -2.35. The second-order valence-electron chi connectivity index (χ2n) is 3.79. The second kappa shape index (κ2) is 4.31. The lowest BCUT2D eigenvalue weighted by molar-refractivity contribution is -0.172. The van der Waals surface area contributed by atoms with Crippen LogP contribution in [-0.4, -0.2) is 44.2 Å². The Bertz CT molecular complexity index is 323. The minimum atomic E-state index is -1.79. The van der Waals surface area contributed by atoms with Crippen LogP contribution in [0.4, 0.5) is 0 Å². The fraction of sp³-hybridized carbons (Fsp3) is 0.700. The lowest BCUT2D eigenvalue weighted by Crippen LogP contribution is -2.52. The van der Waals surface area contributed by atoms with E-state index in [2.05, 4.69) is 4.74 Å². The maximum Gasteiger partial charge on any atom is 0.378 e. The van der Waals surface area contributed by atoms with E-state index in [0.717, 1.165) is 0 Å². The molecule has 0 aromatic heterocycles. The van der Waals surface area contributed by atoms with Gasteiger partial charge in [0.1, 0.15) is 5.60 Å². The number of aliphatic hydroxyl groups excluding tert-OH is 3. The average Bonchev–Trinajstić information content (AvgIpc) is 2.55. The maximum absolute atomic E-state index is 11.0. The van der Waals surface area contributed by atoms with Gasteiger partial charge in [0.25, 0.3) is 0 Å². The number of hydrogen-bond donors (Lipinski definition) is 4. The molecule has 6 nitrogen and oxygen atoms in total. The summed E-state index contributed by atoms with van der Waals surface area (Å²) in [4.78, 5) is 11.0. The number of aliphatic hydroxyl groups is 4. The maximum atomic E-state index is 11.0. The van der Waals surface area contributed by atoms with Crippen molar-refractivity contribution >= 4 is 5.97 Å². The molecule has 3 atom stereocenters. The van der Waals surface area contributed by atoms with Crippen LogP contribution in [-0.2, 0) is 9.53 Å². The molecule has 0 fully saturated rings. The monoisotopic (exact) mass is 232 g/mol. The average molecular weight is 232 g/mol. The first-order valence-electron chi connectivity index (χ1n) is 5.12. The normalized spacial score (nSPS) is 26.5. The van der Waals surface area contributed by atoms with Crippen LogP contribution in [0.5, 0.6) is 0 Å². The number of carbonyl (C=O) groups excluding carboxylic acids is 1. The summed E-state index contributed by atoms with van der Waals surface area (Å²) in [7, 11) is 0. The van der Waals surface area contributed by atoms with E-state index < -0.39 is 35.3 Å². The van der Waals surface area contributed by atoms with Gasteiger partial charge in [-0.2, -0.15) is 0 Å². The van der Waals surface area contributed by atoms with E-state index in [1.807, 2.05) is 0 Å². The number of esters is 1. The van der Waals surface area contributed by atoms with Crippen LogP contribution in [0.25, 0.3) is 0 Å². The van der Waals surface area contributed by atoms with Crippen molar-refractivity contribution in [3.8, 4) is 0 Å². The zero-order valence-corrected chi connectivity index (χ0v) is 9.17. The first kappa shape index (κ1) is 12.8. The molecular formula is C10H16O6. The van der Waals surface area contributed by atoms with Gasteiger partial charge in [0.15, 0.2) is 11.9 Å². The molecular weight excluding hydrogens is 216 g/mol. The highest BCUT2D eigenvalue weighted by molar-refractivity contribution is 5.89. The van der Waals surface area contributed by atoms with Crippen LogP contribution < -0.4 is 0 Å². The van der Waals surface area contributed by atoms with Crippen molar-refractivity contribution in [2.24, 2.45) is 0 Å². The topological polar surface area (TPSA) is 107 Å². The summed E-state index contributed by atoms with van der Waals surface area (Å²) in [6, 6.07) is 0. The number of ether oxygens (including phenoxy) is 1. The van der Waals surface area contributed by atoms with Crippen LogP contribution in [0.1, 0.15) is 26.7 Å². The predicted octanol–water partition coefficient (Wildman–Crippen LogP) is 0.151. The molecule has 0 bridgehead atoms. The van der Waals surface area contributed by atoms with Crippen molar-refractivity contribution in [2.45, 2.75) is 44.5 Å². The van der Waals surface area contributed by atoms with E-state index in [-0.39, 0.29) is 12.8 Å². The van der Waals surface area contributed by atoms with Gasteiger partial charge in [0.05, 0.1) is 6.10 Å². The number of cyclic esters (lactones) is 1. The molecule has 1 aliphatic heterocycles. The van der Waals surface area contributed by atoms with Gasteiger partial charge in [0, 0.05) is 0 Å². The quantitative estimate of drug-likeness (QED) is 0.514. The van der Waals surface area contributed by atoms with Crippen molar-refractivity contribution in [3.05, 3.63) is 11.5 Å². The Morgan fingerprint density at radius 2 is 2.00 bits per heavy atom. The molecule has 4 N–H and O–H groups in total. The highest BCUT2D eigenvalue weighted by Crippen LogP contribution is 2.33. The Balaban J connectivity index is 3.05. The van der Waals surface area contributed by atoms with Crippen molar-refractivity contribution < 1.29 is 30.0 Å². The predicted molar refractivity (Wildman–Crippen MR) is 53.7 cm³/mol. The summed E-state index contributed by atoms with van der Waals surface area (Å²) in [5.41, 5.74) is -1.79. The lowest BCUT2D eigenvalue weighted by atomic mass is 9.85. The van der Waals surface area contributed by atoms with Gasteiger partial charge >= 0.3 is 5.97 Å². The Hall–Kier alpha value is -1.27. The first-order valence-corrected chi connectivity index (χ1v) is 5.12. The Morgan fingerprint density at radius 3 is 2.31 bits per heavy atom. The summed E-state index contributed by atoms with van der Waals surface area (Å²) >= 11 is 0. The van der Waals surface area contributed by atoms with Crippen LogP contribution in [0.15, 0.2) is 11.5 Å². The number of carbonyl (C=O) groups is 1. The number of rotatable bonds is 4. The highest BCUT2D eigenvalue weighted by atomic mass is 16.6. The molecule has 0 aliphatic carbocycles. The third-order valence-corrected chi connectivity index (χ3v) is 2.89. The van der Waals surface area contributed by atoms with Gasteiger partial charge in [0.2, 0.25) is 5.76 Å². The SMILES string of the molecule is CCC(O)[C@@](O)(CC)[C@H]1OC(=O)C(O)=C1O. The van der Waals surface area contributed by atoms with Crippen molar-refractivity contribution in [3.63, 3.8) is 0 Å². The van der Waals surface area contributed by atoms with Gasteiger partial charge in [-0.25, -0.2) is 4.79 Å². The van der Waals surface area contributed by atoms with Crippen LogP contribution in [0.3, 0.4) is 0 Å². The van der Waals surface area contributed by atoms with Gasteiger partial charge in [-0.15, -0.1) is 0 Å². The Kier molecular flexibility index (Phi) is 3.44. The van der Waals surface area contributed by atoms with Crippen molar-refractivity contribution in [1.29, 1.82) is 0 Å². The van der Waals surface area contributed by atoms with E-state index in [4.69, 9.17) is 5.11 Å². The first-order chi connectivity index (χ1) is 7.38. The molecule has 6 heteroatoms. The van der Waals surface area contributed by atoms with Gasteiger partial charge in [-0.3, -0.25) is 0 Å². The minimum Gasteiger partial charge on any atom is -0.505 e. The fourth-order valence-electron chi connectivity index (χ4n) is 1.74. The smallest absolute Gasteiger partial charge is 0.378 e. The Morgan fingerprint density at radius 1 is 1.44 bits per heavy atom. The summed E-state index contributed by atoms with van der Waals surface area (Å²) in [6.45, 7) is 3.22. The third kappa shape index (κ3) is 1.74. The molecule has 0 aromatic rings. The molecule has 1 aliphatic rings. The molecule has 1 rings (SSSR count). The highest BCUT2D eigenvalue weighted by Gasteiger charge is 2.51. The van der Waals surface area contributed by atoms with Crippen LogP contribution in [0.2, 0.25) is 0 Å². The summed E-state index contributed by atoms with van der Waals surface area (Å²) in [5.74, 6) is -2.75. The second-order valence-corrected chi connectivity index (χ2v) is 3.79. The van der Waals surface area contributed by atoms with Gasteiger partial charge < -0.3 is 25.2 Å². The van der Waals surface area contributed by atoms with Gasteiger partial charge in [-0.1, -0.05) is 13.8 Å². The molecule has 0 radical (unpaired) electrons. The van der Waals surface area contributed by atoms with E-state index >= 15 is 0 Å². The van der Waals surface area contributed by atoms with Crippen LogP contribution >= 0.6 is 0 Å². The molecule has 0 spiro atoms. The standard InChI is InChI=1S/C10H16O6/c1-3-5(11)10(15,4-2)8-6(12)7(13)9(14)16-8/h5,8,11-13,15H,3-4H2,1-2H3/t5?,8-,10-/m0/s1. The largest absolute Gasteiger partial charge is 0.505 e. The summed E-state index contributed by atoms with van der Waals surface area (Å²) in [5, 5.41) is 38.4. The molecule has 1 heterocycles. The molecule has 0 saturated carbocycles. The Labute approximate surface area is 92.8 Å². The molecule has 92 valence electrons. The summed E-state index contributed by atoms with van der Waals surface area (Å²) in [6.07, 6.45) is -2.28. The zero-order valence-electron chi connectivity index (χ0n) is 9.17. The molecule has 16 heavy (non-hydrogen) atoms. The molecule has 0 saturated heterocycles. The van der Waals surface area contributed by atoms with E-state index in [1.54, 1.807) is 13.8 Å². The van der Waals surface area contributed by atoms with E-state index in [0.29, 0.717) is 0 Å². The molecule has 1 unspecified atom stereocenters. The van der Waals surface area contributed by atoms with Gasteiger partial charge in [-0.05, 0) is 12.8 Å². The minimum absolute atomic E-state index is 0.0668. The third-order valence-electron chi connectivity index (χ3n) is 2.89. The van der Waals surface area contributed by atoms with E-state index in [1.165, 1.54) is 0 Å². The number of hydrogen-bond acceptors (Lipinski definition) is 6. The molecule has 0 aromatic carbocycles. The van der Waals surface area contributed by atoms with Crippen LogP contribution in [0, 0.1) is 0 Å². The zero-order chi connectivity index (χ0) is 12.5. The molecule has 0 amide bonds. The fourth-order valence-corrected chi connectivity index (χ4v) is 1.74. The summed E-state index contributed by atoms with van der Waals surface area (Å²) < 4.78 is 4.64.